The Labute approximate surface area is 203 Å². The van der Waals surface area contributed by atoms with Gasteiger partial charge in [0.1, 0.15) is 5.75 Å². The van der Waals surface area contributed by atoms with Gasteiger partial charge < -0.3 is 20.5 Å². The fourth-order valence-electron chi connectivity index (χ4n) is 5.00. The second-order valence-corrected chi connectivity index (χ2v) is 9.66. The number of carbonyl (C=O) groups excluding carboxylic acids is 2. The van der Waals surface area contributed by atoms with Crippen LogP contribution in [0.1, 0.15) is 60.0 Å². The summed E-state index contributed by atoms with van der Waals surface area (Å²) in [4.78, 5) is 40.3. The van der Waals surface area contributed by atoms with E-state index in [1.807, 2.05) is 12.1 Å². The summed E-state index contributed by atoms with van der Waals surface area (Å²) in [5, 5.41) is 15.0. The first kappa shape index (κ1) is 22.9. The molecule has 5 rings (SSSR count). The lowest BCUT2D eigenvalue weighted by Crippen LogP contribution is -2.29. The first-order valence-electron chi connectivity index (χ1n) is 12.0. The zero-order valence-corrected chi connectivity index (χ0v) is 19.3. The fraction of sp³-hybridized carbons (Fsp3) is 0.407. The van der Waals surface area contributed by atoms with Gasteiger partial charge in [-0.05, 0) is 68.4 Å². The maximum Gasteiger partial charge on any atom is 0.303 e. The Bertz CT molecular complexity index is 1250. The van der Waals surface area contributed by atoms with Crippen LogP contribution in [0.5, 0.6) is 5.75 Å². The highest BCUT2D eigenvalue weighted by atomic mass is 16.5. The van der Waals surface area contributed by atoms with Crippen LogP contribution in [0.4, 0.5) is 11.4 Å². The highest BCUT2D eigenvalue weighted by Gasteiger charge is 2.61. The number of nitrogens with zero attached hydrogens (tertiary/aromatic N) is 1. The predicted molar refractivity (Wildman–Crippen MR) is 129 cm³/mol. The Morgan fingerprint density at radius 2 is 2.00 bits per heavy atom. The van der Waals surface area contributed by atoms with Crippen LogP contribution in [0.15, 0.2) is 36.4 Å². The monoisotopic (exact) mass is 473 g/mol. The Balaban J connectivity index is 1.35. The quantitative estimate of drug-likeness (QED) is 0.498. The van der Waals surface area contributed by atoms with E-state index in [1.54, 1.807) is 24.3 Å². The van der Waals surface area contributed by atoms with Gasteiger partial charge >= 0.3 is 5.97 Å². The summed E-state index contributed by atoms with van der Waals surface area (Å²) in [5.74, 6) is -0.641. The molecule has 1 spiro atoms. The average molecular weight is 474 g/mol. The molecule has 0 bridgehead atoms. The Kier molecular flexibility index (Phi) is 5.93. The molecule has 2 fully saturated rings. The molecule has 2 aliphatic carbocycles. The maximum absolute atomic E-state index is 13.4. The minimum absolute atomic E-state index is 0.0388. The summed E-state index contributed by atoms with van der Waals surface area (Å²) in [5.41, 5.74) is 2.90. The number of carboxylic acid groups (broad SMARTS) is 1. The normalized spacial score (nSPS) is 21.9. The van der Waals surface area contributed by atoms with E-state index in [4.69, 9.17) is 16.4 Å². The van der Waals surface area contributed by atoms with Crippen molar-refractivity contribution in [1.29, 1.82) is 0 Å². The Hall–Kier alpha value is -3.86. The molecule has 0 aromatic heterocycles. The number of aryl methyl sites for hydroxylation is 1. The number of fused-ring (bicyclic) bond motifs is 2. The molecule has 0 saturated heterocycles. The number of hydrogen-bond acceptors (Lipinski definition) is 4. The van der Waals surface area contributed by atoms with Crippen molar-refractivity contribution in [2.45, 2.75) is 56.4 Å². The van der Waals surface area contributed by atoms with E-state index in [1.165, 1.54) is 0 Å². The van der Waals surface area contributed by atoms with Crippen LogP contribution in [0.25, 0.3) is 4.85 Å². The number of amides is 2. The molecule has 8 nitrogen and oxygen atoms in total. The first-order chi connectivity index (χ1) is 16.9. The van der Waals surface area contributed by atoms with Crippen LogP contribution < -0.4 is 15.4 Å². The topological polar surface area (TPSA) is 109 Å². The standard InChI is InChI=1S/C27H27N3O5/c1-28-19-7-5-16(3-2-4-24(31)32)22(14-19)30-26(34)21-15-27(21)11-12-35-23-10-6-17(13-20(23)27)25(33)29-18-8-9-18/h5-7,10,13-14,18,21H,2-4,8-9,11-12,15H2,(H,29,33)(H,30,34)(H,31,32)/t21-,27-/m0/s1. The molecular formula is C27H27N3O5. The van der Waals surface area contributed by atoms with Crippen LogP contribution >= 0.6 is 0 Å². The number of aliphatic carboxylic acids is 1. The fourth-order valence-corrected chi connectivity index (χ4v) is 5.00. The second kappa shape index (κ2) is 9.06. The molecular weight excluding hydrogens is 446 g/mol. The maximum atomic E-state index is 13.4. The van der Waals surface area contributed by atoms with Gasteiger partial charge in [-0.3, -0.25) is 14.4 Å². The highest BCUT2D eigenvalue weighted by Crippen LogP contribution is 2.61. The predicted octanol–water partition coefficient (Wildman–Crippen LogP) is 4.22. The molecule has 1 heterocycles. The lowest BCUT2D eigenvalue weighted by molar-refractivity contribution is -0.137. The number of hydrogen-bond donors (Lipinski definition) is 3. The van der Waals surface area contributed by atoms with Crippen LogP contribution in [0.2, 0.25) is 0 Å². The third-order valence-electron chi connectivity index (χ3n) is 7.21. The van der Waals surface area contributed by atoms with E-state index in [-0.39, 0.29) is 35.6 Å². The van der Waals surface area contributed by atoms with Gasteiger partial charge in [-0.2, -0.15) is 0 Å². The van der Waals surface area contributed by atoms with Gasteiger partial charge in [-0.1, -0.05) is 12.1 Å². The van der Waals surface area contributed by atoms with Crippen molar-refractivity contribution in [1.82, 2.24) is 5.32 Å². The summed E-state index contributed by atoms with van der Waals surface area (Å²) in [6.07, 6.45) is 4.36. The third kappa shape index (κ3) is 4.72. The van der Waals surface area contributed by atoms with Gasteiger partial charge in [0.2, 0.25) is 5.91 Å². The van der Waals surface area contributed by atoms with E-state index in [2.05, 4.69) is 15.5 Å². The summed E-state index contributed by atoms with van der Waals surface area (Å²) in [6, 6.07) is 10.8. The van der Waals surface area contributed by atoms with E-state index in [0.717, 1.165) is 29.7 Å². The SMILES string of the molecule is [C-]#[N+]c1ccc(CCCC(=O)O)c(NC(=O)[C@@H]2C[C@]23CCOc2ccc(C(=O)NC4CC4)cc23)c1. The van der Waals surface area contributed by atoms with Crippen LogP contribution in [0.3, 0.4) is 0 Å². The number of nitrogens with one attached hydrogen (secondary N) is 2. The van der Waals surface area contributed by atoms with Crippen molar-refractivity contribution in [3.05, 3.63) is 64.5 Å². The molecule has 2 atom stereocenters. The molecule has 2 amide bonds. The molecule has 1 aliphatic heterocycles. The van der Waals surface area contributed by atoms with Crippen LogP contribution in [0, 0.1) is 12.5 Å². The highest BCUT2D eigenvalue weighted by molar-refractivity contribution is 5.98. The molecule has 0 unspecified atom stereocenters. The number of anilines is 1. The number of rotatable bonds is 8. The number of ether oxygens (including phenoxy) is 1. The van der Waals surface area contributed by atoms with Crippen LogP contribution in [-0.4, -0.2) is 35.5 Å². The minimum atomic E-state index is -0.864. The van der Waals surface area contributed by atoms with E-state index in [9.17, 15) is 14.4 Å². The third-order valence-corrected chi connectivity index (χ3v) is 7.21. The summed E-state index contributed by atoms with van der Waals surface area (Å²) >= 11 is 0. The minimum Gasteiger partial charge on any atom is -0.493 e. The van der Waals surface area contributed by atoms with Gasteiger partial charge in [0.15, 0.2) is 5.69 Å². The zero-order valence-electron chi connectivity index (χ0n) is 19.3. The molecule has 3 N–H and O–H groups in total. The van der Waals surface area contributed by atoms with Crippen molar-refractivity contribution < 1.29 is 24.2 Å². The van der Waals surface area contributed by atoms with Crippen molar-refractivity contribution >= 4 is 29.2 Å². The van der Waals surface area contributed by atoms with Gasteiger partial charge in [0.25, 0.3) is 5.91 Å². The van der Waals surface area contributed by atoms with E-state index < -0.39 is 5.97 Å². The second-order valence-electron chi connectivity index (χ2n) is 9.66. The Morgan fingerprint density at radius 1 is 1.17 bits per heavy atom. The average Bonchev–Trinajstić information content (AvgIpc) is 3.77. The molecule has 0 radical (unpaired) electrons. The van der Waals surface area contributed by atoms with Crippen LogP contribution in [-0.2, 0) is 21.4 Å². The molecule has 8 heteroatoms. The Morgan fingerprint density at radius 3 is 2.74 bits per heavy atom. The number of carboxylic acids is 1. The largest absolute Gasteiger partial charge is 0.493 e. The van der Waals surface area contributed by atoms with Crippen molar-refractivity contribution in [2.24, 2.45) is 5.92 Å². The summed E-state index contributed by atoms with van der Waals surface area (Å²) in [6.45, 7) is 7.82. The number of carbonyl (C=O) groups is 3. The van der Waals surface area contributed by atoms with Crippen molar-refractivity contribution in [2.75, 3.05) is 11.9 Å². The van der Waals surface area contributed by atoms with Gasteiger partial charge in [-0.15, -0.1) is 0 Å². The zero-order chi connectivity index (χ0) is 24.6. The lowest BCUT2D eigenvalue weighted by atomic mass is 9.86. The molecule has 180 valence electrons. The first-order valence-corrected chi connectivity index (χ1v) is 12.0. The molecule has 3 aliphatic rings. The molecule has 35 heavy (non-hydrogen) atoms. The molecule has 2 saturated carbocycles. The van der Waals surface area contributed by atoms with Gasteiger partial charge in [-0.25, -0.2) is 4.85 Å². The van der Waals surface area contributed by atoms with Gasteiger partial charge in [0, 0.05) is 40.6 Å². The summed E-state index contributed by atoms with van der Waals surface area (Å²) in [7, 11) is 0. The van der Waals surface area contributed by atoms with E-state index >= 15 is 0 Å². The molecule has 2 aromatic rings. The van der Waals surface area contributed by atoms with Crippen molar-refractivity contribution in [3.8, 4) is 5.75 Å². The van der Waals surface area contributed by atoms with Gasteiger partial charge in [0.05, 0.1) is 13.2 Å². The smallest absolute Gasteiger partial charge is 0.303 e. The van der Waals surface area contributed by atoms with E-state index in [0.29, 0.717) is 49.2 Å². The lowest BCUT2D eigenvalue weighted by Gasteiger charge is -2.27. The van der Waals surface area contributed by atoms with Crippen molar-refractivity contribution in [3.63, 3.8) is 0 Å². The summed E-state index contributed by atoms with van der Waals surface area (Å²) < 4.78 is 5.84. The molecule has 2 aromatic carbocycles. The number of benzene rings is 2.